The first-order chi connectivity index (χ1) is 14.6. The van der Waals surface area contributed by atoms with Crippen molar-refractivity contribution >= 4 is 23.4 Å². The molecule has 0 saturated carbocycles. The minimum Gasteiger partial charge on any atom is -0.377 e. The Labute approximate surface area is 182 Å². The van der Waals surface area contributed by atoms with Gasteiger partial charge in [0.05, 0.1) is 12.6 Å². The van der Waals surface area contributed by atoms with Crippen LogP contribution in [0.1, 0.15) is 11.9 Å². The molecule has 0 spiro atoms. The van der Waals surface area contributed by atoms with Crippen molar-refractivity contribution in [3.63, 3.8) is 0 Å². The number of azide groups is 1. The molecule has 0 aliphatic carbocycles. The molecule has 158 valence electrons. The second-order valence-corrected chi connectivity index (χ2v) is 8.38. The molecule has 2 fully saturated rings. The van der Waals surface area contributed by atoms with Crippen molar-refractivity contribution in [1.82, 2.24) is 0 Å². The van der Waals surface area contributed by atoms with Gasteiger partial charge in [0.15, 0.2) is 6.29 Å². The molecule has 30 heavy (non-hydrogen) atoms. The predicted molar refractivity (Wildman–Crippen MR) is 110 cm³/mol. The zero-order chi connectivity index (χ0) is 21.1. The average Bonchev–Trinajstić information content (AvgIpc) is 2.77. The number of halogens is 2. The molecule has 2 aliphatic rings. The lowest BCUT2D eigenvalue weighted by atomic mass is 9.96. The molecule has 2 heterocycles. The smallest absolute Gasteiger partial charge is 0.184 e. The van der Waals surface area contributed by atoms with Crippen LogP contribution in [0.4, 0.5) is 4.39 Å². The normalized spacial score (nSPS) is 30.9. The number of hydrogen-bond donors (Lipinski definition) is 0. The van der Waals surface area contributed by atoms with Gasteiger partial charge in [0.1, 0.15) is 29.6 Å². The van der Waals surface area contributed by atoms with Crippen LogP contribution in [-0.2, 0) is 18.9 Å². The van der Waals surface area contributed by atoms with Crippen molar-refractivity contribution in [2.45, 2.75) is 41.0 Å². The summed E-state index contributed by atoms with van der Waals surface area (Å²) in [6, 6.07) is 13.1. The number of nitrogens with zero attached hydrogens (tertiary/aromatic N) is 3. The van der Waals surface area contributed by atoms with Gasteiger partial charge < -0.3 is 18.9 Å². The van der Waals surface area contributed by atoms with Crippen molar-refractivity contribution < 1.29 is 23.3 Å². The Morgan fingerprint density at radius 2 is 2.03 bits per heavy atom. The first-order valence-electron chi connectivity index (χ1n) is 9.27. The van der Waals surface area contributed by atoms with Gasteiger partial charge in [0.25, 0.3) is 0 Å². The molecule has 0 radical (unpaired) electrons. The summed E-state index contributed by atoms with van der Waals surface area (Å²) >= 11 is 7.13. The maximum Gasteiger partial charge on any atom is 0.184 e. The highest BCUT2D eigenvalue weighted by Gasteiger charge is 2.50. The van der Waals surface area contributed by atoms with E-state index < -0.39 is 41.9 Å². The van der Waals surface area contributed by atoms with Gasteiger partial charge >= 0.3 is 0 Å². The molecule has 0 N–H and O–H groups in total. The molecule has 6 atom stereocenters. The van der Waals surface area contributed by atoms with Crippen LogP contribution < -0.4 is 0 Å². The van der Waals surface area contributed by atoms with Crippen molar-refractivity contribution in [3.05, 3.63) is 75.4 Å². The fourth-order valence-electron chi connectivity index (χ4n) is 3.58. The van der Waals surface area contributed by atoms with Crippen molar-refractivity contribution in [2.24, 2.45) is 5.11 Å². The molecule has 0 bridgehead atoms. The molecule has 10 heteroatoms. The molecule has 2 saturated heterocycles. The summed E-state index contributed by atoms with van der Waals surface area (Å²) in [4.78, 5) is 3.30. The second-order valence-electron chi connectivity index (χ2n) is 6.81. The van der Waals surface area contributed by atoms with Crippen LogP contribution in [0.2, 0.25) is 5.02 Å². The average molecular weight is 452 g/mol. The number of benzene rings is 2. The minimum absolute atomic E-state index is 0.229. The van der Waals surface area contributed by atoms with Crippen LogP contribution in [0, 0.1) is 5.82 Å². The largest absolute Gasteiger partial charge is 0.377 e. The fourth-order valence-corrected chi connectivity index (χ4v) is 5.04. The van der Waals surface area contributed by atoms with Gasteiger partial charge in [-0.3, -0.25) is 0 Å². The first kappa shape index (κ1) is 21.4. The van der Waals surface area contributed by atoms with E-state index in [1.807, 2.05) is 30.3 Å². The molecular weight excluding hydrogens is 433 g/mol. The van der Waals surface area contributed by atoms with E-state index in [1.54, 1.807) is 0 Å². The van der Waals surface area contributed by atoms with E-state index >= 15 is 0 Å². The molecule has 0 amide bonds. The lowest BCUT2D eigenvalue weighted by molar-refractivity contribution is -0.298. The Morgan fingerprint density at radius 3 is 2.77 bits per heavy atom. The van der Waals surface area contributed by atoms with Gasteiger partial charge in [-0.25, -0.2) is 4.39 Å². The summed E-state index contributed by atoms with van der Waals surface area (Å²) in [5.74, 6) is -0.425. The summed E-state index contributed by atoms with van der Waals surface area (Å²) in [7, 11) is 1.49. The molecule has 4 rings (SSSR count). The Hall–Kier alpha value is -1.84. The zero-order valence-electron chi connectivity index (χ0n) is 15.9. The van der Waals surface area contributed by atoms with Crippen LogP contribution in [0.5, 0.6) is 0 Å². The van der Waals surface area contributed by atoms with Gasteiger partial charge in [0, 0.05) is 27.5 Å². The van der Waals surface area contributed by atoms with Gasteiger partial charge in [-0.2, -0.15) is 0 Å². The monoisotopic (exact) mass is 451 g/mol. The van der Waals surface area contributed by atoms with Crippen molar-refractivity contribution in [1.29, 1.82) is 0 Å². The van der Waals surface area contributed by atoms with E-state index in [0.29, 0.717) is 9.92 Å². The minimum atomic E-state index is -0.686. The highest BCUT2D eigenvalue weighted by molar-refractivity contribution is 7.99. The molecule has 0 aromatic heterocycles. The second kappa shape index (κ2) is 9.53. The van der Waals surface area contributed by atoms with Crippen LogP contribution in [0.25, 0.3) is 10.4 Å². The Kier molecular flexibility index (Phi) is 6.80. The molecule has 2 aliphatic heterocycles. The standard InChI is InChI=1S/C20H19ClFN3O4S/c1-26-18-16(24-25-23)17-14(10-27-19(29-17)11-5-3-2-4-6-11)28-20(18)30-15-9-12(21)7-8-13(15)22/h2-9,14,16-20H,10H2,1H3/t14?,16?,17-,18?,19?,20+/m0/s1. The SMILES string of the molecule is COC1C(N=[N+]=[N-])[C@H]2OC(c3ccccc3)OCC2O[C@@H]1Sc1cc(Cl)ccc1F. The summed E-state index contributed by atoms with van der Waals surface area (Å²) in [5, 5.41) is 4.35. The quantitative estimate of drug-likeness (QED) is 0.358. The lowest BCUT2D eigenvalue weighted by Crippen LogP contribution is -2.60. The highest BCUT2D eigenvalue weighted by atomic mass is 35.5. The van der Waals surface area contributed by atoms with E-state index in [9.17, 15) is 4.39 Å². The van der Waals surface area contributed by atoms with E-state index in [-0.39, 0.29) is 6.61 Å². The number of thioether (sulfide) groups is 1. The number of fused-ring (bicyclic) bond motifs is 1. The third-order valence-electron chi connectivity index (χ3n) is 4.97. The summed E-state index contributed by atoms with van der Waals surface area (Å²) in [6.07, 6.45) is -2.36. The van der Waals surface area contributed by atoms with Gasteiger partial charge in [-0.15, -0.1) is 0 Å². The third-order valence-corrected chi connectivity index (χ3v) is 6.39. The molecule has 2 aromatic rings. The van der Waals surface area contributed by atoms with Gasteiger partial charge in [-0.05, 0) is 23.7 Å². The number of rotatable bonds is 5. The van der Waals surface area contributed by atoms with Gasteiger partial charge in [-0.1, -0.05) is 58.8 Å². The predicted octanol–water partition coefficient (Wildman–Crippen LogP) is 5.10. The molecule has 7 nitrogen and oxygen atoms in total. The number of ether oxygens (including phenoxy) is 4. The fraction of sp³-hybridized carbons (Fsp3) is 0.400. The summed E-state index contributed by atoms with van der Waals surface area (Å²) in [6.45, 7) is 0.229. The Balaban J connectivity index is 1.59. The topological polar surface area (TPSA) is 85.7 Å². The lowest BCUT2D eigenvalue weighted by Gasteiger charge is -2.47. The molecule has 4 unspecified atom stereocenters. The van der Waals surface area contributed by atoms with E-state index in [1.165, 1.54) is 25.3 Å². The van der Waals surface area contributed by atoms with Gasteiger partial charge in [0.2, 0.25) is 0 Å². The summed E-state index contributed by atoms with van der Waals surface area (Å²) in [5.41, 5.74) is 9.35. The van der Waals surface area contributed by atoms with Crippen molar-refractivity contribution in [3.8, 4) is 0 Å². The third kappa shape index (κ3) is 4.43. The Morgan fingerprint density at radius 1 is 1.23 bits per heavy atom. The molecular formula is C20H19ClFN3O4S. The maximum absolute atomic E-state index is 14.3. The summed E-state index contributed by atoms with van der Waals surface area (Å²) < 4.78 is 38.0. The first-order valence-corrected chi connectivity index (χ1v) is 10.5. The van der Waals surface area contributed by atoms with Crippen LogP contribution in [0.3, 0.4) is 0 Å². The van der Waals surface area contributed by atoms with Crippen LogP contribution in [-0.4, -0.2) is 43.5 Å². The number of methoxy groups -OCH3 is 1. The van der Waals surface area contributed by atoms with Crippen LogP contribution >= 0.6 is 23.4 Å². The van der Waals surface area contributed by atoms with E-state index in [0.717, 1.165) is 17.3 Å². The zero-order valence-corrected chi connectivity index (χ0v) is 17.5. The maximum atomic E-state index is 14.3. The van der Waals surface area contributed by atoms with Crippen molar-refractivity contribution in [2.75, 3.05) is 13.7 Å². The van der Waals surface area contributed by atoms with E-state index in [4.69, 9.17) is 36.1 Å². The molecule has 2 aromatic carbocycles. The van der Waals surface area contributed by atoms with E-state index in [2.05, 4.69) is 10.0 Å². The van der Waals surface area contributed by atoms with Crippen LogP contribution in [0.15, 0.2) is 58.5 Å². The highest BCUT2D eigenvalue weighted by Crippen LogP contribution is 2.41. The number of hydrogen-bond acceptors (Lipinski definition) is 6. The Bertz CT molecular complexity index is 934.